The maximum atomic E-state index is 12.7. The minimum atomic E-state index is -3.28. The van der Waals surface area contributed by atoms with E-state index in [1.165, 1.54) is 25.2 Å². The quantitative estimate of drug-likeness (QED) is 0.753. The van der Waals surface area contributed by atoms with Gasteiger partial charge in [0.25, 0.3) is 0 Å². The van der Waals surface area contributed by atoms with Crippen LogP contribution in [0.5, 0.6) is 0 Å². The maximum absolute atomic E-state index is 12.7. The van der Waals surface area contributed by atoms with E-state index < -0.39 is 10.0 Å². The van der Waals surface area contributed by atoms with E-state index in [1.54, 1.807) is 6.92 Å². The van der Waals surface area contributed by atoms with Crippen LogP contribution in [-0.4, -0.2) is 21.7 Å². The molecule has 0 saturated heterocycles. The van der Waals surface area contributed by atoms with Gasteiger partial charge < -0.3 is 0 Å². The zero-order chi connectivity index (χ0) is 10.9. The molecule has 0 aliphatic rings. The molecule has 0 atom stereocenters. The summed E-state index contributed by atoms with van der Waals surface area (Å²) in [5.41, 5.74) is 1.09. The highest BCUT2D eigenvalue weighted by Crippen LogP contribution is 2.21. The Kier molecular flexibility index (Phi) is 2.80. The Labute approximate surface area is 83.2 Å². The van der Waals surface area contributed by atoms with Crippen LogP contribution in [0.25, 0.3) is 0 Å². The number of benzene rings is 1. The number of hydrogen-bond donors (Lipinski definition) is 0. The Morgan fingerprint density at radius 3 is 2.36 bits per heavy atom. The van der Waals surface area contributed by atoms with E-state index in [2.05, 4.69) is 0 Å². The molecule has 3 nitrogen and oxygen atoms in total. The number of nitrogens with zero attached hydrogens (tertiary/aromatic N) is 1. The van der Waals surface area contributed by atoms with E-state index in [0.717, 1.165) is 10.6 Å². The molecular formula is C9H12FNO2S. The molecule has 0 bridgehead atoms. The van der Waals surface area contributed by atoms with Gasteiger partial charge in [-0.1, -0.05) is 0 Å². The predicted molar refractivity (Wildman–Crippen MR) is 54.4 cm³/mol. The zero-order valence-corrected chi connectivity index (χ0v) is 9.10. The van der Waals surface area contributed by atoms with Crippen molar-refractivity contribution in [2.24, 2.45) is 0 Å². The van der Waals surface area contributed by atoms with Crippen LogP contribution in [0, 0.1) is 12.7 Å². The van der Waals surface area contributed by atoms with Crippen molar-refractivity contribution in [1.29, 1.82) is 0 Å². The molecule has 1 aromatic rings. The van der Waals surface area contributed by atoms with Gasteiger partial charge in [0.1, 0.15) is 5.82 Å². The first kappa shape index (κ1) is 11.0. The summed E-state index contributed by atoms with van der Waals surface area (Å²) < 4.78 is 36.3. The smallest absolute Gasteiger partial charge is 0.232 e. The summed E-state index contributed by atoms with van der Waals surface area (Å²) in [5.74, 6) is -0.367. The van der Waals surface area contributed by atoms with Crippen LogP contribution in [-0.2, 0) is 10.0 Å². The van der Waals surface area contributed by atoms with E-state index in [-0.39, 0.29) is 5.82 Å². The second-order valence-corrected chi connectivity index (χ2v) is 5.18. The van der Waals surface area contributed by atoms with E-state index in [9.17, 15) is 12.8 Å². The lowest BCUT2D eigenvalue weighted by Crippen LogP contribution is -2.25. The third-order valence-corrected chi connectivity index (χ3v) is 3.19. The lowest BCUT2D eigenvalue weighted by atomic mass is 10.2. The van der Waals surface area contributed by atoms with Crippen LogP contribution in [0.3, 0.4) is 0 Å². The SMILES string of the molecule is Cc1cc(F)ccc1N(C)S(C)(=O)=O. The van der Waals surface area contributed by atoms with Gasteiger partial charge in [0.05, 0.1) is 11.9 Å². The summed E-state index contributed by atoms with van der Waals surface area (Å²) in [5, 5.41) is 0. The van der Waals surface area contributed by atoms with E-state index in [0.29, 0.717) is 11.3 Å². The maximum Gasteiger partial charge on any atom is 0.232 e. The zero-order valence-electron chi connectivity index (χ0n) is 8.28. The molecule has 0 unspecified atom stereocenters. The molecule has 0 saturated carbocycles. The first-order valence-corrected chi connectivity index (χ1v) is 5.87. The molecule has 0 aliphatic heterocycles. The van der Waals surface area contributed by atoms with Crippen molar-refractivity contribution in [3.63, 3.8) is 0 Å². The molecular weight excluding hydrogens is 205 g/mol. The van der Waals surface area contributed by atoms with Gasteiger partial charge in [-0.3, -0.25) is 4.31 Å². The first-order valence-electron chi connectivity index (χ1n) is 4.02. The van der Waals surface area contributed by atoms with Crippen molar-refractivity contribution in [3.05, 3.63) is 29.6 Å². The van der Waals surface area contributed by atoms with E-state index in [4.69, 9.17) is 0 Å². The normalized spacial score (nSPS) is 11.4. The highest BCUT2D eigenvalue weighted by atomic mass is 32.2. The molecule has 5 heteroatoms. The molecule has 14 heavy (non-hydrogen) atoms. The van der Waals surface area contributed by atoms with Crippen molar-refractivity contribution in [1.82, 2.24) is 0 Å². The highest BCUT2D eigenvalue weighted by Gasteiger charge is 2.13. The van der Waals surface area contributed by atoms with Gasteiger partial charge >= 0.3 is 0 Å². The van der Waals surface area contributed by atoms with Crippen LogP contribution < -0.4 is 4.31 Å². The van der Waals surface area contributed by atoms with Gasteiger partial charge in [-0.2, -0.15) is 0 Å². The standard InChI is InChI=1S/C9H12FNO2S/c1-7-6-8(10)4-5-9(7)11(2)14(3,12)13/h4-6H,1-3H3. The molecule has 0 aromatic heterocycles. The van der Waals surface area contributed by atoms with Crippen LogP contribution in [0.15, 0.2) is 18.2 Å². The largest absolute Gasteiger partial charge is 0.273 e. The molecule has 1 rings (SSSR count). The molecule has 0 amide bonds. The summed E-state index contributed by atoms with van der Waals surface area (Å²) in [6, 6.07) is 3.99. The second kappa shape index (κ2) is 3.57. The Balaban J connectivity index is 3.21. The number of rotatable bonds is 2. The monoisotopic (exact) mass is 217 g/mol. The van der Waals surface area contributed by atoms with Gasteiger partial charge in [-0.25, -0.2) is 12.8 Å². The lowest BCUT2D eigenvalue weighted by molar-refractivity contribution is 0.599. The van der Waals surface area contributed by atoms with E-state index in [1.807, 2.05) is 0 Å². The number of aryl methyl sites for hydroxylation is 1. The van der Waals surface area contributed by atoms with Crippen molar-refractivity contribution in [2.75, 3.05) is 17.6 Å². The van der Waals surface area contributed by atoms with Crippen molar-refractivity contribution >= 4 is 15.7 Å². The fourth-order valence-electron chi connectivity index (χ4n) is 1.15. The van der Waals surface area contributed by atoms with Crippen molar-refractivity contribution in [2.45, 2.75) is 6.92 Å². The van der Waals surface area contributed by atoms with Gasteiger partial charge in [-0.05, 0) is 30.7 Å². The number of hydrogen-bond acceptors (Lipinski definition) is 2. The van der Waals surface area contributed by atoms with Gasteiger partial charge in [0.15, 0.2) is 0 Å². The molecule has 0 fully saturated rings. The van der Waals surface area contributed by atoms with Crippen LogP contribution >= 0.6 is 0 Å². The van der Waals surface area contributed by atoms with Gasteiger partial charge in [0.2, 0.25) is 10.0 Å². The van der Waals surface area contributed by atoms with Crippen LogP contribution in [0.1, 0.15) is 5.56 Å². The molecule has 0 heterocycles. The van der Waals surface area contributed by atoms with Crippen molar-refractivity contribution in [3.8, 4) is 0 Å². The average molecular weight is 217 g/mol. The number of halogens is 1. The molecule has 0 aliphatic carbocycles. The molecule has 1 aromatic carbocycles. The molecule has 0 N–H and O–H groups in total. The Bertz CT molecular complexity index is 442. The summed E-state index contributed by atoms with van der Waals surface area (Å²) in [6.07, 6.45) is 1.11. The molecule has 78 valence electrons. The van der Waals surface area contributed by atoms with Crippen LogP contribution in [0.2, 0.25) is 0 Å². The fourth-order valence-corrected chi connectivity index (χ4v) is 1.71. The fraction of sp³-hybridized carbons (Fsp3) is 0.333. The predicted octanol–water partition coefficient (Wildman–Crippen LogP) is 1.53. The van der Waals surface area contributed by atoms with Crippen molar-refractivity contribution < 1.29 is 12.8 Å². The average Bonchev–Trinajstić information content (AvgIpc) is 2.01. The second-order valence-electron chi connectivity index (χ2n) is 3.16. The molecule has 0 spiro atoms. The third-order valence-electron chi connectivity index (χ3n) is 2.00. The number of anilines is 1. The number of sulfonamides is 1. The summed E-state index contributed by atoms with van der Waals surface area (Å²) in [4.78, 5) is 0. The Morgan fingerprint density at radius 2 is 1.93 bits per heavy atom. The third kappa shape index (κ3) is 2.23. The van der Waals surface area contributed by atoms with E-state index >= 15 is 0 Å². The summed E-state index contributed by atoms with van der Waals surface area (Å²) in [6.45, 7) is 1.67. The minimum absolute atomic E-state index is 0.367. The highest BCUT2D eigenvalue weighted by molar-refractivity contribution is 7.92. The van der Waals surface area contributed by atoms with Crippen LogP contribution in [0.4, 0.5) is 10.1 Å². The summed E-state index contributed by atoms with van der Waals surface area (Å²) >= 11 is 0. The summed E-state index contributed by atoms with van der Waals surface area (Å²) in [7, 11) is -1.84. The first-order chi connectivity index (χ1) is 6.32. The van der Waals surface area contributed by atoms with Gasteiger partial charge in [-0.15, -0.1) is 0 Å². The molecule has 0 radical (unpaired) electrons. The Morgan fingerprint density at radius 1 is 1.36 bits per heavy atom. The topological polar surface area (TPSA) is 37.4 Å². The minimum Gasteiger partial charge on any atom is -0.273 e. The van der Waals surface area contributed by atoms with Gasteiger partial charge in [0, 0.05) is 7.05 Å². The lowest BCUT2D eigenvalue weighted by Gasteiger charge is -2.18. The Hall–Kier alpha value is -1.10.